The molecular weight excluding hydrogens is 922 g/mol. The predicted molar refractivity (Wildman–Crippen MR) is 226 cm³/mol. The van der Waals surface area contributed by atoms with Crippen LogP contribution in [0.2, 0.25) is 0 Å². The summed E-state index contributed by atoms with van der Waals surface area (Å²) in [5.41, 5.74) is 21.8. The smallest absolute Gasteiger partial charge is 0.382 e. The van der Waals surface area contributed by atoms with Gasteiger partial charge in [-0.25, -0.2) is 43.2 Å². The molecule has 0 spiro atoms. The highest BCUT2D eigenvalue weighted by Crippen LogP contribution is 2.64. The van der Waals surface area contributed by atoms with Crippen molar-refractivity contribution in [1.29, 1.82) is 0 Å². The molecule has 0 saturated carbocycles. The molecule has 4 aromatic heterocycles. The quantitative estimate of drug-likeness (QED) is 0.0384. The van der Waals surface area contributed by atoms with Crippen molar-refractivity contribution in [3.05, 3.63) is 65.6 Å². The average Bonchev–Trinajstić information content (AvgIpc) is 4.07. The molecule has 30 heteroatoms. The highest BCUT2D eigenvalue weighted by molar-refractivity contribution is 8.54. The Hall–Kier alpha value is -5.53. The fourth-order valence-corrected chi connectivity index (χ4v) is 11.3. The number of anilines is 3. The van der Waals surface area contributed by atoms with Crippen LogP contribution in [0.3, 0.4) is 0 Å². The molecule has 3 aliphatic heterocycles. The number of nitrogens with zero attached hydrogens (tertiary/aromatic N) is 11. The highest BCUT2D eigenvalue weighted by Gasteiger charge is 2.56. The minimum atomic E-state index is -4.52. The molecule has 7 heterocycles. The first-order valence-electron chi connectivity index (χ1n) is 19.9. The number of hydrogen-bond acceptors (Lipinski definition) is 20. The molecule has 65 heavy (non-hydrogen) atoms. The van der Waals surface area contributed by atoms with Gasteiger partial charge in [-0.1, -0.05) is 23.7 Å². The molecule has 25 nitrogen and oxygen atoms in total. The summed E-state index contributed by atoms with van der Waals surface area (Å²) in [4.78, 5) is 51.9. The van der Waals surface area contributed by atoms with Crippen LogP contribution < -0.4 is 22.1 Å². The topological polar surface area (TPSA) is 336 Å². The number of unbranched alkanes of at least 4 members (excludes halogenated alkanes) is 2. The molecular formula is C35H40F2N15O10P2S+. The Kier molecular flexibility index (Phi) is 14.4. The van der Waals surface area contributed by atoms with Crippen molar-refractivity contribution in [2.75, 3.05) is 43.1 Å². The van der Waals surface area contributed by atoms with Crippen molar-refractivity contribution in [2.45, 2.75) is 80.7 Å². The Bertz CT molecular complexity index is 2650. The number of rotatable bonds is 14. The van der Waals surface area contributed by atoms with Gasteiger partial charge in [0.05, 0.1) is 25.8 Å². The fraction of sp³-hybridized carbons (Fsp3) is 0.486. The van der Waals surface area contributed by atoms with Gasteiger partial charge in [-0.15, -0.1) is 9.05 Å². The van der Waals surface area contributed by atoms with Crippen molar-refractivity contribution < 1.29 is 55.1 Å². The number of benzene rings is 1. The predicted octanol–water partition coefficient (Wildman–Crippen LogP) is 4.74. The third-order valence-corrected chi connectivity index (χ3v) is 14.8. The molecule has 1 unspecified atom stereocenters. The number of imidazole rings is 2. The maximum atomic E-state index is 16.7. The molecule has 2 amide bonds. The third kappa shape index (κ3) is 10.5. The largest absolute Gasteiger partial charge is 0.697 e. The summed E-state index contributed by atoms with van der Waals surface area (Å²) in [5.74, 6) is -0.764. The SMILES string of the molecule is [N-]=[N+]=NCCCCCC(=O)NCC(=O)Nc1ccc(CS[P@@]2(=O)OC[C@H]3O[C@@H](n4cnc5c(N)ncnc54)[C@H](F)[C@@H]3O[P+](=O)OC[C@H]3O[C@@H](n4cnc5c(N)ncnc54)[C@H](F)[C@@H]3O2)cc1. The van der Waals surface area contributed by atoms with Gasteiger partial charge >= 0.3 is 15.1 Å². The van der Waals surface area contributed by atoms with Crippen LogP contribution in [-0.4, -0.2) is 114 Å². The Morgan fingerprint density at radius 2 is 1.52 bits per heavy atom. The standard InChI is InChI=1S/C35H39F2N15O10P2S/c36-24-28-21(60-34(24)51-16-46-26-30(38)42-14-44-32(26)51)12-58-64(56,65-13-18-5-7-19(8-6-18)49-23(54)10-41-22(53)4-2-1-3-9-48-50-40)62-29-20(11-57-63(55)61-28)59-35(25(29)37)52-17-47-27-31(39)43-15-45-33(27)52/h5-8,14-17,20-21,24-25,28-29,34-35H,1-4,9-13H2,(H5-,38,39,41,42,43,44,45,49,53,54)/p+1/t20-,21-,24-,25-,28-,29-,34-,35-,64+/m1/s1. The van der Waals surface area contributed by atoms with E-state index in [1.807, 2.05) is 0 Å². The summed E-state index contributed by atoms with van der Waals surface area (Å²) in [6.07, 6.45) is -6.25. The molecule has 5 aromatic rings. The van der Waals surface area contributed by atoms with Gasteiger partial charge in [-0.05, 0) is 47.5 Å². The zero-order valence-electron chi connectivity index (χ0n) is 33.8. The first-order valence-corrected chi connectivity index (χ1v) is 24.1. The van der Waals surface area contributed by atoms with E-state index in [9.17, 15) is 18.7 Å². The molecule has 3 saturated heterocycles. The van der Waals surface area contributed by atoms with Crippen LogP contribution in [0.15, 0.2) is 54.7 Å². The molecule has 6 N–H and O–H groups in total. The number of carbonyl (C=O) groups is 2. The van der Waals surface area contributed by atoms with E-state index in [-0.39, 0.29) is 58.6 Å². The summed E-state index contributed by atoms with van der Waals surface area (Å²) in [6, 6.07) is 6.43. The number of aromatic nitrogens is 8. The van der Waals surface area contributed by atoms with Crippen LogP contribution in [0.25, 0.3) is 32.8 Å². The lowest BCUT2D eigenvalue weighted by Crippen LogP contribution is -2.36. The van der Waals surface area contributed by atoms with E-state index in [1.54, 1.807) is 24.3 Å². The Labute approximate surface area is 370 Å². The highest BCUT2D eigenvalue weighted by atomic mass is 32.7. The van der Waals surface area contributed by atoms with Crippen molar-refractivity contribution in [3.8, 4) is 0 Å². The minimum absolute atomic E-state index is 0.0272. The van der Waals surface area contributed by atoms with Crippen LogP contribution in [0, 0.1) is 0 Å². The number of amides is 2. The Morgan fingerprint density at radius 1 is 0.892 bits per heavy atom. The molecule has 0 aliphatic carbocycles. The Balaban J connectivity index is 0.981. The van der Waals surface area contributed by atoms with Gasteiger partial charge in [0.2, 0.25) is 11.8 Å². The van der Waals surface area contributed by atoms with Gasteiger partial charge < -0.3 is 31.6 Å². The number of fused-ring (bicyclic) bond motifs is 4. The van der Waals surface area contributed by atoms with Gasteiger partial charge in [0.15, 0.2) is 53.8 Å². The van der Waals surface area contributed by atoms with Crippen LogP contribution >= 0.6 is 26.4 Å². The molecule has 8 rings (SSSR count). The zero-order valence-corrected chi connectivity index (χ0v) is 36.4. The Morgan fingerprint density at radius 3 is 2.17 bits per heavy atom. The van der Waals surface area contributed by atoms with Gasteiger partial charge in [-0.3, -0.25) is 27.8 Å². The molecule has 10 atom stereocenters. The second-order valence-corrected chi connectivity index (χ2v) is 19.6. The number of hydrogen-bond donors (Lipinski definition) is 4. The number of carbonyl (C=O) groups excluding carboxylic acids is 2. The normalized spacial score (nSPS) is 27.6. The number of alkyl halides is 2. The van der Waals surface area contributed by atoms with Crippen LogP contribution in [-0.2, 0) is 52.0 Å². The first-order chi connectivity index (χ1) is 31.4. The third-order valence-electron chi connectivity index (χ3n) is 10.4. The lowest BCUT2D eigenvalue weighted by atomic mass is 10.1. The summed E-state index contributed by atoms with van der Waals surface area (Å²) in [7, 11) is -3.11. The second-order valence-electron chi connectivity index (χ2n) is 14.6. The summed E-state index contributed by atoms with van der Waals surface area (Å²) in [5, 5.41) is 8.69. The van der Waals surface area contributed by atoms with Crippen LogP contribution in [0.5, 0.6) is 0 Å². The molecule has 3 aliphatic rings. The van der Waals surface area contributed by atoms with Crippen molar-refractivity contribution in [1.82, 2.24) is 44.4 Å². The van der Waals surface area contributed by atoms with E-state index in [1.165, 1.54) is 21.8 Å². The zero-order chi connectivity index (χ0) is 45.7. The number of azide groups is 1. The fourth-order valence-electron chi connectivity index (χ4n) is 7.14. The monoisotopic (exact) mass is 962 g/mol. The van der Waals surface area contributed by atoms with Gasteiger partial charge in [-0.2, -0.15) is 0 Å². The molecule has 3 fully saturated rings. The molecule has 0 radical (unpaired) electrons. The summed E-state index contributed by atoms with van der Waals surface area (Å²) < 4.78 is 99.0. The molecule has 344 valence electrons. The number of nitrogen functional groups attached to an aromatic ring is 2. The number of ether oxygens (including phenoxy) is 2. The molecule has 1 aromatic carbocycles. The number of nitrogens with two attached hydrogens (primary N) is 2. The van der Waals surface area contributed by atoms with Crippen LogP contribution in [0.4, 0.5) is 26.1 Å². The maximum absolute atomic E-state index is 16.7. The second kappa shape index (κ2) is 20.3. The van der Waals surface area contributed by atoms with E-state index in [2.05, 4.69) is 50.6 Å². The molecule has 0 bridgehead atoms. The van der Waals surface area contributed by atoms with Gasteiger partial charge in [0.1, 0.15) is 48.6 Å². The number of nitrogens with one attached hydrogen (secondary N) is 2. The summed E-state index contributed by atoms with van der Waals surface area (Å²) in [6.45, 7) is -5.74. The lowest BCUT2D eigenvalue weighted by Gasteiger charge is -2.26. The van der Waals surface area contributed by atoms with E-state index < -0.39 is 83.4 Å². The van der Waals surface area contributed by atoms with E-state index in [4.69, 9.17) is 44.6 Å². The van der Waals surface area contributed by atoms with E-state index in [0.717, 1.165) is 12.7 Å². The first kappa shape index (κ1) is 46.0. The number of halogens is 2. The van der Waals surface area contributed by atoms with E-state index >= 15 is 8.78 Å². The maximum Gasteiger partial charge on any atom is 0.697 e. The van der Waals surface area contributed by atoms with Gasteiger partial charge in [0.25, 0.3) is 0 Å². The minimum Gasteiger partial charge on any atom is -0.382 e. The average molecular weight is 963 g/mol. The summed E-state index contributed by atoms with van der Waals surface area (Å²) >= 11 is 0.680. The van der Waals surface area contributed by atoms with Crippen molar-refractivity contribution in [3.63, 3.8) is 0 Å². The van der Waals surface area contributed by atoms with Gasteiger partial charge in [0, 0.05) is 33.9 Å². The van der Waals surface area contributed by atoms with Crippen molar-refractivity contribution in [2.24, 2.45) is 5.11 Å². The van der Waals surface area contributed by atoms with E-state index in [0.29, 0.717) is 48.4 Å². The van der Waals surface area contributed by atoms with Crippen molar-refractivity contribution >= 4 is 77.9 Å². The van der Waals surface area contributed by atoms with Crippen LogP contribution in [0.1, 0.15) is 43.7 Å². The lowest BCUT2D eigenvalue weighted by molar-refractivity contribution is -0.124.